The van der Waals surface area contributed by atoms with Gasteiger partial charge in [-0.05, 0) is 319 Å². The predicted octanol–water partition coefficient (Wildman–Crippen LogP) is 35.6. The molecule has 0 amide bonds. The third kappa shape index (κ3) is 14.6. The Labute approximate surface area is 870 Å². The van der Waals surface area contributed by atoms with Gasteiger partial charge in [0.25, 0.3) is 0 Å². The van der Waals surface area contributed by atoms with Crippen LogP contribution in [-0.4, -0.2) is 19.0 Å². The molecule has 4 fully saturated rings. The summed E-state index contributed by atoms with van der Waals surface area (Å²) in [7, 11) is 0. The molecule has 0 bridgehead atoms. The van der Waals surface area contributed by atoms with Gasteiger partial charge in [-0.3, -0.25) is 4.79 Å². The third-order valence-corrected chi connectivity index (χ3v) is 37.3. The molecular formula is C145H130O2. The Hall–Kier alpha value is -14.4. The lowest BCUT2D eigenvalue weighted by Crippen LogP contribution is -2.31. The summed E-state index contributed by atoms with van der Waals surface area (Å²) in [5.74, 6) is 0.425. The minimum atomic E-state index is -0.189. The molecule has 32 rings (SSSR count). The van der Waals surface area contributed by atoms with Gasteiger partial charge in [-0.2, -0.15) is 0 Å². The van der Waals surface area contributed by atoms with Gasteiger partial charge in [-0.1, -0.05) is 478 Å². The van der Waals surface area contributed by atoms with Gasteiger partial charge in [0.2, 0.25) is 0 Å². The lowest BCUT2D eigenvalue weighted by atomic mass is 9.67. The van der Waals surface area contributed by atoms with Crippen molar-refractivity contribution in [3.05, 3.63) is 545 Å². The fourth-order valence-corrected chi connectivity index (χ4v) is 30.8. The van der Waals surface area contributed by atoms with E-state index in [-0.39, 0.29) is 27.1 Å². The molecule has 0 N–H and O–H groups in total. The van der Waals surface area contributed by atoms with Crippen LogP contribution in [0.3, 0.4) is 0 Å². The summed E-state index contributed by atoms with van der Waals surface area (Å²) in [5.41, 5.74) is 63.2. The van der Waals surface area contributed by atoms with E-state index >= 15 is 0 Å². The maximum Gasteiger partial charge on any atom is 0.133 e. The zero-order valence-electron chi connectivity index (χ0n) is 86.4. The summed E-state index contributed by atoms with van der Waals surface area (Å²) in [5, 5.41) is 0. The van der Waals surface area contributed by atoms with E-state index in [2.05, 4.69) is 443 Å². The highest BCUT2D eigenvalue weighted by Gasteiger charge is 2.55. The van der Waals surface area contributed by atoms with E-state index in [0.29, 0.717) is 16.6 Å². The van der Waals surface area contributed by atoms with Crippen molar-refractivity contribution in [2.75, 3.05) is 13.2 Å². The normalized spacial score (nSPS) is 18.8. The van der Waals surface area contributed by atoms with Gasteiger partial charge < -0.3 is 4.74 Å². The summed E-state index contributed by atoms with van der Waals surface area (Å²) in [6, 6.07) is 147. The molecule has 2 unspecified atom stereocenters. The summed E-state index contributed by atoms with van der Waals surface area (Å²) in [4.78, 5) is 11.7. The van der Waals surface area contributed by atoms with E-state index < -0.39 is 0 Å². The first-order valence-electron chi connectivity index (χ1n) is 55.0. The number of benzene rings is 18. The summed E-state index contributed by atoms with van der Waals surface area (Å²) in [6.07, 6.45) is 24.2. The molecule has 1 aliphatic heterocycles. The van der Waals surface area contributed by atoms with Crippen LogP contribution in [0, 0.1) is 48.5 Å². The van der Waals surface area contributed by atoms with Gasteiger partial charge in [-0.25, -0.2) is 0 Å². The minimum Gasteiger partial charge on any atom is -0.380 e. The molecule has 2 atom stereocenters. The molecule has 1 heterocycles. The molecule has 7 spiro atoms. The van der Waals surface area contributed by atoms with Crippen LogP contribution in [0.4, 0.5) is 0 Å². The molecule has 3 saturated carbocycles. The number of carbonyl (C=O) groups is 1. The van der Waals surface area contributed by atoms with Crippen molar-refractivity contribution in [3.63, 3.8) is 0 Å². The van der Waals surface area contributed by atoms with E-state index in [4.69, 9.17) is 4.74 Å². The van der Waals surface area contributed by atoms with Crippen LogP contribution in [0.25, 0.3) is 89.0 Å². The van der Waals surface area contributed by atoms with Gasteiger partial charge in [0.15, 0.2) is 0 Å². The lowest BCUT2D eigenvalue weighted by Gasteiger charge is -2.36. The highest BCUT2D eigenvalue weighted by molar-refractivity contribution is 5.96. The quantitative estimate of drug-likeness (QED) is 0.151. The Morgan fingerprint density at radius 2 is 0.429 bits per heavy atom. The van der Waals surface area contributed by atoms with Crippen LogP contribution in [0.1, 0.15) is 259 Å². The molecule has 2 nitrogen and oxygen atoms in total. The fraction of sp³-hybridized carbons (Fsp3) is 0.248. The second kappa shape index (κ2) is 36.6. The van der Waals surface area contributed by atoms with E-state index in [1.165, 1.54) is 300 Å². The van der Waals surface area contributed by atoms with Crippen LogP contribution in [0.2, 0.25) is 0 Å². The molecule has 0 radical (unpaired) electrons. The zero-order valence-corrected chi connectivity index (χ0v) is 86.4. The van der Waals surface area contributed by atoms with Crippen molar-refractivity contribution in [3.8, 4) is 89.0 Å². The Bertz CT molecular complexity index is 8200. The molecule has 147 heavy (non-hydrogen) atoms. The smallest absolute Gasteiger partial charge is 0.133 e. The fourth-order valence-electron chi connectivity index (χ4n) is 30.8. The van der Waals surface area contributed by atoms with Crippen LogP contribution < -0.4 is 0 Å². The highest BCUT2D eigenvalue weighted by atomic mass is 16.5. The number of ketones is 1. The average molecular weight is 1900 g/mol. The van der Waals surface area contributed by atoms with Crippen molar-refractivity contribution in [1.29, 1.82) is 0 Å². The molecule has 18 aromatic carbocycles. The molecule has 0 aromatic heterocycles. The summed E-state index contributed by atoms with van der Waals surface area (Å²) >= 11 is 0. The number of fused-ring (bicyclic) bond motifs is 43. The van der Waals surface area contributed by atoms with Crippen molar-refractivity contribution in [1.82, 2.24) is 0 Å². The van der Waals surface area contributed by atoms with Crippen molar-refractivity contribution < 1.29 is 9.53 Å². The van der Waals surface area contributed by atoms with Crippen LogP contribution in [0.15, 0.2) is 394 Å². The second-order valence-corrected chi connectivity index (χ2v) is 45.4. The minimum absolute atomic E-state index is 0.0779. The maximum absolute atomic E-state index is 11.7. The van der Waals surface area contributed by atoms with Gasteiger partial charge in [0.1, 0.15) is 5.78 Å². The van der Waals surface area contributed by atoms with Gasteiger partial charge in [-0.15, -0.1) is 0 Å². The van der Waals surface area contributed by atoms with Crippen molar-refractivity contribution in [2.24, 2.45) is 0 Å². The Morgan fingerprint density at radius 3 is 0.789 bits per heavy atom. The molecule has 14 aliphatic rings. The number of ether oxygens (including phenoxy) is 1. The van der Waals surface area contributed by atoms with Gasteiger partial charge in [0.05, 0.1) is 12.0 Å². The van der Waals surface area contributed by atoms with Crippen LogP contribution in [0.5, 0.6) is 0 Å². The van der Waals surface area contributed by atoms with Crippen LogP contribution in [-0.2, 0) is 66.7 Å². The maximum atomic E-state index is 11.7. The first-order valence-corrected chi connectivity index (χ1v) is 55.0. The molecule has 1 saturated heterocycles. The number of Topliss-reactive ketones (excluding diaryl/α,β-unsaturated/α-hetero) is 1. The first-order chi connectivity index (χ1) is 72.0. The SMILES string of the molecule is Cc1ccc2c(c1)C1(CCC(=O)CC1)c1ccccc1-2.Cc1ccc2c(c1)C1(CCCCC1)c1ccccc1-2.Cc1ccc2c(c1)C1(CCCCCC1)c1ccccc1-2.Cc1ccc2c(c1)C1(CCOC1)c1ccccc1-2.Cc1ccc2c(c1)C1(CCc3ccccc31)c1ccccc1-2.Cc1ccc2c(c1)C1(Cc3ccccc3C1)c1ccccc1-2.Cc1ccc2c(c1)C1(c3ccccc3-c3ccccc31)c1ccccc1-2. The van der Waals surface area contributed by atoms with Crippen molar-refractivity contribution in [2.45, 2.75) is 215 Å². The molecule has 13 aliphatic carbocycles. The highest BCUT2D eigenvalue weighted by Crippen LogP contribution is 2.66. The van der Waals surface area contributed by atoms with Gasteiger partial charge >= 0.3 is 0 Å². The second-order valence-electron chi connectivity index (χ2n) is 45.4. The number of aryl methyl sites for hydroxylation is 8. The number of rotatable bonds is 0. The van der Waals surface area contributed by atoms with Crippen molar-refractivity contribution >= 4 is 5.78 Å². The monoisotopic (exact) mass is 1900 g/mol. The third-order valence-electron chi connectivity index (χ3n) is 37.3. The largest absolute Gasteiger partial charge is 0.380 e. The molecule has 2 heteroatoms. The Morgan fingerprint density at radius 1 is 0.184 bits per heavy atom. The first kappa shape index (κ1) is 92.4. The Balaban J connectivity index is 0.0000000872. The summed E-state index contributed by atoms with van der Waals surface area (Å²) < 4.78 is 5.74. The Kier molecular flexibility index (Phi) is 23.0. The number of hydrogen-bond donors (Lipinski definition) is 0. The van der Waals surface area contributed by atoms with E-state index in [1.807, 2.05) is 0 Å². The molecular weight excluding hydrogens is 1770 g/mol. The topological polar surface area (TPSA) is 26.3 Å². The van der Waals surface area contributed by atoms with E-state index in [1.54, 1.807) is 22.3 Å². The number of carbonyl (C=O) groups excluding carboxylic acids is 1. The predicted molar refractivity (Wildman–Crippen MR) is 609 cm³/mol. The molecule has 722 valence electrons. The standard InChI is InChI=1S/C26H18.2C22H18.C20H22.C19H18O.C19H20.C17H16O/c1-17-14-15-21-20-10-4-7-13-24(20)26(25(21)16-17)22-11-5-2-8-18(22)19-9-3-6-12-23(19)26;1-15-10-11-18-17-7-3-5-9-20(17)22(21(18)14-15)13-12-16-6-2-4-8-19(16)22;1-15-10-11-19-18-8-4-5-9-20(18)22(21(19)12-15)13-16-6-2-3-7-17(16)14-22;1-15-10-11-17-16-8-4-5-9-18(16)20(19(17)14-15)12-6-2-3-7-13-20;1-13-6-7-16-15-4-2-3-5-17(15)19(18(16)12-13)10-8-14(20)9-11-19;1-14-9-10-16-15-7-3-4-8-17(15)19(18(16)13-14)11-5-2-6-12-19;1-12-6-7-14-13-4-2-3-5-15(13)17(16(14)10-12)8-9-18-11-17/h2-16H,1H3;2-11,14H,12-13H2,1H3;2-12H,13-14H2,1H3;4-5,8-11,14H,2-3,6-7,12-13H2,1H3;2-7,12H,8-11H2,1H3;3-4,7-10,13H,2,5-6,11-12H2,1H3;2-7,10H,8-9,11H2,1H3. The number of hydrogen-bond acceptors (Lipinski definition) is 2. The van der Waals surface area contributed by atoms with Gasteiger partial charge in [0, 0.05) is 51.9 Å². The van der Waals surface area contributed by atoms with E-state index in [0.717, 1.165) is 58.2 Å². The average Bonchev–Trinajstić information content (AvgIpc) is 1.50. The van der Waals surface area contributed by atoms with Crippen LogP contribution >= 0.6 is 0 Å². The lowest BCUT2D eigenvalue weighted by molar-refractivity contribution is -0.121. The molecule has 18 aromatic rings. The summed E-state index contributed by atoms with van der Waals surface area (Å²) in [6.45, 7) is 17.1. The van der Waals surface area contributed by atoms with E-state index in [9.17, 15) is 4.79 Å². The zero-order chi connectivity index (χ0) is 99.1.